The number of rotatable bonds is 3. The van der Waals surface area contributed by atoms with Crippen LogP contribution in [0.5, 0.6) is 0 Å². The number of nitrogens with one attached hydrogen (secondary N) is 1. The molecule has 1 atom stereocenters. The van der Waals surface area contributed by atoms with Crippen molar-refractivity contribution in [3.63, 3.8) is 0 Å². The van der Waals surface area contributed by atoms with Crippen LogP contribution in [0.15, 0.2) is 0 Å². The zero-order chi connectivity index (χ0) is 12.5. The Balaban J connectivity index is 1.77. The lowest BCUT2D eigenvalue weighted by molar-refractivity contribution is -0.142. The van der Waals surface area contributed by atoms with E-state index in [1.165, 1.54) is 0 Å². The normalized spacial score (nSPS) is 36.8. The van der Waals surface area contributed by atoms with Gasteiger partial charge in [-0.15, -0.1) is 0 Å². The van der Waals surface area contributed by atoms with Crippen LogP contribution in [0.2, 0.25) is 0 Å². The van der Waals surface area contributed by atoms with Gasteiger partial charge in [-0.05, 0) is 32.1 Å². The summed E-state index contributed by atoms with van der Waals surface area (Å²) in [5.74, 6) is -0.381. The Bertz CT molecular complexity index is 384. The molecular formula is C11H19NO4S. The number of carbonyl (C=O) groups is 1. The Hall–Kier alpha value is -0.620. The molecule has 1 saturated carbocycles. The molecule has 5 nitrogen and oxygen atoms in total. The van der Waals surface area contributed by atoms with Gasteiger partial charge in [-0.2, -0.15) is 0 Å². The van der Waals surface area contributed by atoms with E-state index in [0.29, 0.717) is 25.3 Å². The first kappa shape index (κ1) is 12.8. The maximum absolute atomic E-state index is 11.3. The van der Waals surface area contributed by atoms with Crippen LogP contribution in [0.3, 0.4) is 0 Å². The summed E-state index contributed by atoms with van der Waals surface area (Å²) in [6, 6.07) is 0.371. The van der Waals surface area contributed by atoms with E-state index in [4.69, 9.17) is 5.11 Å². The molecule has 0 radical (unpaired) electrons. The predicted octanol–water partition coefficient (Wildman–Crippen LogP) is 0.406. The number of carboxylic acid groups (broad SMARTS) is 1. The van der Waals surface area contributed by atoms with E-state index >= 15 is 0 Å². The van der Waals surface area contributed by atoms with Gasteiger partial charge in [0, 0.05) is 12.1 Å². The molecule has 0 bridgehead atoms. The molecule has 1 aliphatic heterocycles. The molecular weight excluding hydrogens is 242 g/mol. The molecule has 2 rings (SSSR count). The highest BCUT2D eigenvalue weighted by molar-refractivity contribution is 7.91. The third-order valence-corrected chi connectivity index (χ3v) is 5.55. The van der Waals surface area contributed by atoms with Gasteiger partial charge in [0.2, 0.25) is 0 Å². The van der Waals surface area contributed by atoms with Gasteiger partial charge in [-0.1, -0.05) is 0 Å². The highest BCUT2D eigenvalue weighted by Crippen LogP contribution is 2.25. The van der Waals surface area contributed by atoms with E-state index < -0.39 is 15.8 Å². The molecule has 1 aliphatic carbocycles. The number of hydrogen-bond acceptors (Lipinski definition) is 4. The molecule has 17 heavy (non-hydrogen) atoms. The maximum atomic E-state index is 11.3. The van der Waals surface area contributed by atoms with Gasteiger partial charge in [0.15, 0.2) is 9.84 Å². The van der Waals surface area contributed by atoms with Crippen molar-refractivity contribution < 1.29 is 18.3 Å². The Kier molecular flexibility index (Phi) is 3.73. The first-order chi connectivity index (χ1) is 7.96. The minimum absolute atomic E-state index is 0.0754. The lowest BCUT2D eigenvalue weighted by atomic mass is 9.86. The van der Waals surface area contributed by atoms with Gasteiger partial charge in [-0.3, -0.25) is 4.79 Å². The summed E-state index contributed by atoms with van der Waals surface area (Å²) in [6.07, 6.45) is 3.78. The second kappa shape index (κ2) is 4.94. The molecule has 0 aromatic rings. The third kappa shape index (κ3) is 3.42. The van der Waals surface area contributed by atoms with Crippen LogP contribution in [0.4, 0.5) is 0 Å². The quantitative estimate of drug-likeness (QED) is 0.768. The van der Waals surface area contributed by atoms with Crippen LogP contribution < -0.4 is 5.32 Å². The number of sulfone groups is 1. The minimum Gasteiger partial charge on any atom is -0.481 e. The molecule has 1 heterocycles. The first-order valence-corrected chi connectivity index (χ1v) is 7.98. The molecule has 1 unspecified atom stereocenters. The fourth-order valence-electron chi connectivity index (χ4n) is 2.77. The van der Waals surface area contributed by atoms with E-state index in [2.05, 4.69) is 5.32 Å². The summed E-state index contributed by atoms with van der Waals surface area (Å²) in [5.41, 5.74) is 0. The van der Waals surface area contributed by atoms with Gasteiger partial charge in [0.25, 0.3) is 0 Å². The molecule has 6 heteroatoms. The van der Waals surface area contributed by atoms with Crippen LogP contribution in [0, 0.1) is 5.92 Å². The smallest absolute Gasteiger partial charge is 0.306 e. The van der Waals surface area contributed by atoms with Crippen molar-refractivity contribution in [2.24, 2.45) is 5.92 Å². The van der Waals surface area contributed by atoms with Gasteiger partial charge in [0.05, 0.1) is 17.4 Å². The summed E-state index contributed by atoms with van der Waals surface area (Å²) < 4.78 is 22.6. The van der Waals surface area contributed by atoms with Crippen molar-refractivity contribution in [3.05, 3.63) is 0 Å². The van der Waals surface area contributed by atoms with E-state index in [1.54, 1.807) is 0 Å². The van der Waals surface area contributed by atoms with Gasteiger partial charge >= 0.3 is 5.97 Å². The third-order valence-electron chi connectivity index (χ3n) is 3.78. The average Bonchev–Trinajstić information content (AvgIpc) is 2.59. The van der Waals surface area contributed by atoms with Crippen LogP contribution in [0.1, 0.15) is 32.1 Å². The molecule has 2 aliphatic rings. The van der Waals surface area contributed by atoms with Crippen LogP contribution in [-0.2, 0) is 14.6 Å². The van der Waals surface area contributed by atoms with Gasteiger partial charge < -0.3 is 10.4 Å². The summed E-state index contributed by atoms with van der Waals surface area (Å²) in [7, 11) is -2.83. The Morgan fingerprint density at radius 2 is 1.71 bits per heavy atom. The van der Waals surface area contributed by atoms with Crippen LogP contribution >= 0.6 is 0 Å². The highest BCUT2D eigenvalue weighted by Gasteiger charge is 2.31. The lowest BCUT2D eigenvalue weighted by Gasteiger charge is -2.29. The van der Waals surface area contributed by atoms with Crippen molar-refractivity contribution in [2.75, 3.05) is 11.5 Å². The molecule has 2 fully saturated rings. The topological polar surface area (TPSA) is 83.5 Å². The molecule has 0 aromatic carbocycles. The Labute approximate surface area is 102 Å². The van der Waals surface area contributed by atoms with Crippen molar-refractivity contribution in [3.8, 4) is 0 Å². The monoisotopic (exact) mass is 261 g/mol. The van der Waals surface area contributed by atoms with Gasteiger partial charge in [0.1, 0.15) is 0 Å². The fourth-order valence-corrected chi connectivity index (χ4v) is 4.45. The molecule has 98 valence electrons. The van der Waals surface area contributed by atoms with E-state index in [0.717, 1.165) is 12.8 Å². The SMILES string of the molecule is O=C(O)C1CCC(NC2CCS(=O)(=O)C2)CC1. The van der Waals surface area contributed by atoms with Crippen molar-refractivity contribution in [1.29, 1.82) is 0 Å². The summed E-state index contributed by atoms with van der Waals surface area (Å²) in [4.78, 5) is 10.8. The standard InChI is InChI=1S/C11H19NO4S/c13-11(14)8-1-3-9(4-2-8)12-10-5-6-17(15,16)7-10/h8-10,12H,1-7H2,(H,13,14). The fraction of sp³-hybridized carbons (Fsp3) is 0.909. The lowest BCUT2D eigenvalue weighted by Crippen LogP contribution is -2.41. The number of carboxylic acids is 1. The van der Waals surface area contributed by atoms with Crippen molar-refractivity contribution in [1.82, 2.24) is 5.32 Å². The Morgan fingerprint density at radius 3 is 2.18 bits per heavy atom. The maximum Gasteiger partial charge on any atom is 0.306 e. The largest absolute Gasteiger partial charge is 0.481 e. The van der Waals surface area contributed by atoms with Crippen LogP contribution in [0.25, 0.3) is 0 Å². The average molecular weight is 261 g/mol. The van der Waals surface area contributed by atoms with Gasteiger partial charge in [-0.25, -0.2) is 8.42 Å². The molecule has 0 aromatic heterocycles. The van der Waals surface area contributed by atoms with Crippen molar-refractivity contribution in [2.45, 2.75) is 44.2 Å². The van der Waals surface area contributed by atoms with E-state index in [9.17, 15) is 13.2 Å². The zero-order valence-corrected chi connectivity index (χ0v) is 10.6. The summed E-state index contributed by atoms with van der Waals surface area (Å²) >= 11 is 0. The Morgan fingerprint density at radius 1 is 1.06 bits per heavy atom. The number of hydrogen-bond donors (Lipinski definition) is 2. The zero-order valence-electron chi connectivity index (χ0n) is 9.76. The second-order valence-electron chi connectivity index (χ2n) is 5.15. The molecule has 0 spiro atoms. The predicted molar refractivity (Wildman–Crippen MR) is 63.6 cm³/mol. The highest BCUT2D eigenvalue weighted by atomic mass is 32.2. The van der Waals surface area contributed by atoms with Crippen LogP contribution in [-0.4, -0.2) is 43.1 Å². The minimum atomic E-state index is -2.83. The number of aliphatic carboxylic acids is 1. The first-order valence-electron chi connectivity index (χ1n) is 6.15. The molecule has 0 amide bonds. The molecule has 1 saturated heterocycles. The summed E-state index contributed by atoms with van der Waals surface area (Å²) in [5, 5.41) is 12.2. The van der Waals surface area contributed by atoms with E-state index in [1.807, 2.05) is 0 Å². The van der Waals surface area contributed by atoms with Crippen molar-refractivity contribution >= 4 is 15.8 Å². The van der Waals surface area contributed by atoms with E-state index in [-0.39, 0.29) is 23.5 Å². The second-order valence-corrected chi connectivity index (χ2v) is 7.38. The molecule has 2 N–H and O–H groups in total. The summed E-state index contributed by atoms with van der Waals surface area (Å²) in [6.45, 7) is 0.